The first-order valence-electron chi connectivity index (χ1n) is 5.62. The van der Waals surface area contributed by atoms with Crippen molar-refractivity contribution >= 4 is 0 Å². The van der Waals surface area contributed by atoms with Crippen molar-refractivity contribution in [3.8, 4) is 0 Å². The molecule has 1 aromatic heterocycles. The fourth-order valence-electron chi connectivity index (χ4n) is 1.83. The summed E-state index contributed by atoms with van der Waals surface area (Å²) in [5.74, 6) is -1.50. The molecule has 0 radical (unpaired) electrons. The molecule has 0 saturated carbocycles. The molecule has 0 bridgehead atoms. The van der Waals surface area contributed by atoms with Crippen molar-refractivity contribution in [2.75, 3.05) is 0 Å². The standard InChI is InChI=1S/C12H13F2N3O2/c1-8(18)12(19,5-17-7-15-6-16-17)10-4-9(13)2-3-11(10)14/h2-4,6-8,18-19H,5H2,1H3/t8-,12+/m1/s1. The lowest BCUT2D eigenvalue weighted by Crippen LogP contribution is -2.42. The van der Waals surface area contributed by atoms with Crippen LogP contribution in [0.25, 0.3) is 0 Å². The van der Waals surface area contributed by atoms with E-state index in [0.717, 1.165) is 18.2 Å². The molecule has 102 valence electrons. The van der Waals surface area contributed by atoms with Crippen LogP contribution in [0.15, 0.2) is 30.9 Å². The van der Waals surface area contributed by atoms with Crippen LogP contribution in [0.1, 0.15) is 12.5 Å². The number of hydrogen-bond donors (Lipinski definition) is 2. The number of halogens is 2. The van der Waals surface area contributed by atoms with Gasteiger partial charge in [0.15, 0.2) is 0 Å². The smallest absolute Gasteiger partial charge is 0.138 e. The summed E-state index contributed by atoms with van der Waals surface area (Å²) in [5.41, 5.74) is -2.32. The Morgan fingerprint density at radius 1 is 1.42 bits per heavy atom. The molecule has 2 atom stereocenters. The van der Waals surface area contributed by atoms with E-state index in [2.05, 4.69) is 10.1 Å². The third kappa shape index (κ3) is 2.61. The van der Waals surface area contributed by atoms with Gasteiger partial charge in [-0.1, -0.05) is 0 Å². The summed E-state index contributed by atoms with van der Waals surface area (Å²) < 4.78 is 28.2. The van der Waals surface area contributed by atoms with Gasteiger partial charge >= 0.3 is 0 Å². The number of aliphatic hydroxyl groups excluding tert-OH is 1. The normalized spacial score (nSPS) is 16.1. The zero-order chi connectivity index (χ0) is 14.0. The van der Waals surface area contributed by atoms with Gasteiger partial charge in [0.25, 0.3) is 0 Å². The van der Waals surface area contributed by atoms with E-state index >= 15 is 0 Å². The predicted molar refractivity (Wildman–Crippen MR) is 62.0 cm³/mol. The van der Waals surface area contributed by atoms with Crippen LogP contribution in [0.4, 0.5) is 8.78 Å². The molecule has 0 fully saturated rings. The van der Waals surface area contributed by atoms with Crippen LogP contribution < -0.4 is 0 Å². The fraction of sp³-hybridized carbons (Fsp3) is 0.333. The highest BCUT2D eigenvalue weighted by atomic mass is 19.1. The van der Waals surface area contributed by atoms with Gasteiger partial charge in [0.1, 0.15) is 29.9 Å². The van der Waals surface area contributed by atoms with E-state index in [1.54, 1.807) is 0 Å². The maximum absolute atomic E-state index is 13.8. The molecule has 2 rings (SSSR count). The average molecular weight is 269 g/mol. The van der Waals surface area contributed by atoms with E-state index in [1.807, 2.05) is 0 Å². The predicted octanol–water partition coefficient (Wildman–Crippen LogP) is 0.825. The molecular formula is C12H13F2N3O2. The Hall–Kier alpha value is -1.86. The second-order valence-electron chi connectivity index (χ2n) is 4.32. The number of rotatable bonds is 4. The molecule has 0 unspecified atom stereocenters. The lowest BCUT2D eigenvalue weighted by atomic mass is 9.88. The van der Waals surface area contributed by atoms with Gasteiger partial charge < -0.3 is 10.2 Å². The summed E-state index contributed by atoms with van der Waals surface area (Å²) in [6.07, 6.45) is 1.22. The third-order valence-corrected chi connectivity index (χ3v) is 2.96. The fourth-order valence-corrected chi connectivity index (χ4v) is 1.83. The van der Waals surface area contributed by atoms with E-state index in [9.17, 15) is 19.0 Å². The minimum absolute atomic E-state index is 0.245. The van der Waals surface area contributed by atoms with Crippen molar-refractivity contribution in [2.45, 2.75) is 25.2 Å². The number of aliphatic hydroxyl groups is 2. The number of nitrogens with zero attached hydrogens (tertiary/aromatic N) is 3. The summed E-state index contributed by atoms with van der Waals surface area (Å²) in [4.78, 5) is 3.69. The SMILES string of the molecule is C[C@@H](O)[C@@](O)(Cn1cncn1)c1cc(F)ccc1F. The lowest BCUT2D eigenvalue weighted by Gasteiger charge is -2.31. The number of hydrogen-bond acceptors (Lipinski definition) is 4. The molecule has 2 aromatic rings. The Balaban J connectivity index is 2.46. The maximum atomic E-state index is 13.8. The quantitative estimate of drug-likeness (QED) is 0.862. The second kappa shape index (κ2) is 5.02. The first kappa shape index (κ1) is 13.6. The molecule has 0 saturated heterocycles. The molecule has 1 aromatic carbocycles. The van der Waals surface area contributed by atoms with Gasteiger partial charge in [-0.25, -0.2) is 18.4 Å². The maximum Gasteiger partial charge on any atom is 0.138 e. The van der Waals surface area contributed by atoms with Gasteiger partial charge in [0.2, 0.25) is 0 Å². The van der Waals surface area contributed by atoms with Crippen LogP contribution in [0.2, 0.25) is 0 Å². The summed E-state index contributed by atoms with van der Waals surface area (Å²) in [7, 11) is 0. The molecule has 5 nitrogen and oxygen atoms in total. The Morgan fingerprint density at radius 3 is 2.74 bits per heavy atom. The van der Waals surface area contributed by atoms with Crippen LogP contribution in [0.5, 0.6) is 0 Å². The van der Waals surface area contributed by atoms with Gasteiger partial charge in [-0.05, 0) is 25.1 Å². The molecule has 0 spiro atoms. The Morgan fingerprint density at radius 2 is 2.16 bits per heavy atom. The number of benzene rings is 1. The molecule has 7 heteroatoms. The van der Waals surface area contributed by atoms with Crippen molar-refractivity contribution in [2.24, 2.45) is 0 Å². The molecule has 1 heterocycles. The second-order valence-corrected chi connectivity index (χ2v) is 4.32. The molecule has 0 aliphatic carbocycles. The average Bonchev–Trinajstić information content (AvgIpc) is 2.84. The lowest BCUT2D eigenvalue weighted by molar-refractivity contribution is -0.0875. The first-order valence-corrected chi connectivity index (χ1v) is 5.62. The van der Waals surface area contributed by atoms with Crippen LogP contribution in [0.3, 0.4) is 0 Å². The van der Waals surface area contributed by atoms with Crippen molar-refractivity contribution in [3.05, 3.63) is 48.1 Å². The zero-order valence-electron chi connectivity index (χ0n) is 10.2. The van der Waals surface area contributed by atoms with E-state index in [4.69, 9.17) is 0 Å². The van der Waals surface area contributed by atoms with Gasteiger partial charge in [0, 0.05) is 5.56 Å². The Kier molecular flexibility index (Phi) is 3.59. The Labute approximate surface area is 108 Å². The van der Waals surface area contributed by atoms with Crippen molar-refractivity contribution in [1.29, 1.82) is 0 Å². The van der Waals surface area contributed by atoms with Gasteiger partial charge in [-0.3, -0.25) is 0 Å². The summed E-state index contributed by atoms with van der Waals surface area (Å²) in [6, 6.07) is 2.70. The minimum Gasteiger partial charge on any atom is -0.390 e. The highest BCUT2D eigenvalue weighted by Gasteiger charge is 2.38. The van der Waals surface area contributed by atoms with E-state index in [0.29, 0.717) is 0 Å². The van der Waals surface area contributed by atoms with Crippen LogP contribution in [0, 0.1) is 11.6 Å². The first-order chi connectivity index (χ1) is 8.93. The van der Waals surface area contributed by atoms with Gasteiger partial charge in [0.05, 0.1) is 12.6 Å². The van der Waals surface area contributed by atoms with Crippen molar-refractivity contribution in [3.63, 3.8) is 0 Å². The van der Waals surface area contributed by atoms with E-state index in [-0.39, 0.29) is 12.1 Å². The molecule has 0 aliphatic rings. The minimum atomic E-state index is -2.00. The van der Waals surface area contributed by atoms with Crippen LogP contribution in [-0.2, 0) is 12.1 Å². The molecule has 0 amide bonds. The topological polar surface area (TPSA) is 71.2 Å². The molecular weight excluding hydrogens is 256 g/mol. The highest BCUT2D eigenvalue weighted by Crippen LogP contribution is 2.29. The van der Waals surface area contributed by atoms with Gasteiger partial charge in [-0.2, -0.15) is 5.10 Å². The van der Waals surface area contributed by atoms with E-state index < -0.39 is 23.3 Å². The highest BCUT2D eigenvalue weighted by molar-refractivity contribution is 5.26. The monoisotopic (exact) mass is 269 g/mol. The van der Waals surface area contributed by atoms with Crippen molar-refractivity contribution < 1.29 is 19.0 Å². The number of aromatic nitrogens is 3. The van der Waals surface area contributed by atoms with E-state index in [1.165, 1.54) is 24.3 Å². The summed E-state index contributed by atoms with van der Waals surface area (Å²) >= 11 is 0. The van der Waals surface area contributed by atoms with Crippen molar-refractivity contribution in [1.82, 2.24) is 14.8 Å². The Bertz CT molecular complexity index is 560. The van der Waals surface area contributed by atoms with Crippen LogP contribution >= 0.6 is 0 Å². The zero-order valence-corrected chi connectivity index (χ0v) is 10.2. The summed E-state index contributed by atoms with van der Waals surface area (Å²) in [6.45, 7) is 1.05. The molecule has 0 aliphatic heterocycles. The summed E-state index contributed by atoms with van der Waals surface area (Å²) in [5, 5.41) is 24.0. The van der Waals surface area contributed by atoms with Crippen LogP contribution in [-0.4, -0.2) is 31.1 Å². The molecule has 2 N–H and O–H groups in total. The molecule has 19 heavy (non-hydrogen) atoms. The largest absolute Gasteiger partial charge is 0.390 e. The third-order valence-electron chi connectivity index (χ3n) is 2.96. The van der Waals surface area contributed by atoms with Gasteiger partial charge in [-0.15, -0.1) is 0 Å².